The molecule has 0 aromatic heterocycles. The third kappa shape index (κ3) is 4.16. The molecule has 108 valence electrons. The molecule has 4 heteroatoms. The Kier molecular flexibility index (Phi) is 5.33. The summed E-state index contributed by atoms with van der Waals surface area (Å²) >= 11 is 0. The van der Waals surface area contributed by atoms with E-state index in [0.717, 1.165) is 31.4 Å². The Hall–Kier alpha value is -1.18. The third-order valence-corrected chi connectivity index (χ3v) is 4.63. The van der Waals surface area contributed by atoms with Crippen molar-refractivity contribution < 1.29 is 4.79 Å². The molecular weight excluding hydrogens is 267 g/mol. The number of amides is 1. The van der Waals surface area contributed by atoms with Gasteiger partial charge in [0, 0.05) is 13.1 Å². The van der Waals surface area contributed by atoms with Gasteiger partial charge in [-0.05, 0) is 18.9 Å². The van der Waals surface area contributed by atoms with Crippen LogP contribution in [0.4, 0.5) is 0 Å². The van der Waals surface area contributed by atoms with Crippen LogP contribution in [0.5, 0.6) is 0 Å². The lowest BCUT2D eigenvalue weighted by Gasteiger charge is -2.17. The minimum atomic E-state index is -0.158. The Labute approximate surface area is 122 Å². The summed E-state index contributed by atoms with van der Waals surface area (Å²) in [6.07, 6.45) is 6.10. The number of benzene rings is 1. The van der Waals surface area contributed by atoms with Crippen LogP contribution in [0.25, 0.3) is 0 Å². The fourth-order valence-electron chi connectivity index (χ4n) is 2.67. The van der Waals surface area contributed by atoms with Gasteiger partial charge in [0.1, 0.15) is 0 Å². The second-order valence-electron chi connectivity index (χ2n) is 5.70. The Bertz CT molecular complexity index is 475. The second-order valence-corrected chi connectivity index (χ2v) is 7.70. The first-order chi connectivity index (χ1) is 9.56. The van der Waals surface area contributed by atoms with Gasteiger partial charge in [0.25, 0.3) is 0 Å². The molecule has 1 heterocycles. The first kappa shape index (κ1) is 15.2. The van der Waals surface area contributed by atoms with Gasteiger partial charge in [0.15, 0.2) is 6.29 Å². The van der Waals surface area contributed by atoms with E-state index in [0.29, 0.717) is 0 Å². The summed E-state index contributed by atoms with van der Waals surface area (Å²) in [6, 6.07) is 10.2. The highest BCUT2D eigenvalue weighted by Gasteiger charge is 2.30. The number of nitrogens with zero attached hydrogens (tertiary/aromatic N) is 1. The van der Waals surface area contributed by atoms with Crippen LogP contribution in [-0.4, -0.2) is 43.1 Å². The van der Waals surface area contributed by atoms with E-state index in [-0.39, 0.29) is 25.4 Å². The number of carbonyl (C=O) groups excluding carboxylic acids is 1. The summed E-state index contributed by atoms with van der Waals surface area (Å²) in [5.74, 6) is 0.324. The first-order valence-electron chi connectivity index (χ1n) is 7.15. The summed E-state index contributed by atoms with van der Waals surface area (Å²) < 4.78 is 0. The molecule has 3 atom stereocenters. The van der Waals surface area contributed by atoms with E-state index in [1.807, 2.05) is 25.1 Å². The summed E-state index contributed by atoms with van der Waals surface area (Å²) in [5, 5.41) is 3.14. The Balaban J connectivity index is 1.85. The monoisotopic (exact) mass is 291 g/mol. The van der Waals surface area contributed by atoms with Gasteiger partial charge in [-0.1, -0.05) is 30.3 Å². The van der Waals surface area contributed by atoms with Gasteiger partial charge in [0.2, 0.25) is 5.91 Å². The molecule has 1 N–H and O–H groups in total. The van der Waals surface area contributed by atoms with E-state index in [1.165, 1.54) is 0 Å². The number of likely N-dealkylation sites (tertiary alicyclic amines) is 1. The van der Waals surface area contributed by atoms with Gasteiger partial charge < -0.3 is 5.32 Å². The van der Waals surface area contributed by atoms with Crippen LogP contribution < -0.4 is 5.32 Å². The van der Waals surface area contributed by atoms with Crippen molar-refractivity contribution in [2.75, 3.05) is 26.0 Å². The van der Waals surface area contributed by atoms with Gasteiger partial charge in [0.05, 0.1) is 32.5 Å². The predicted octanol–water partition coefficient (Wildman–Crippen LogP) is 2.69. The average molecular weight is 291 g/mol. The lowest BCUT2D eigenvalue weighted by atomic mass is 10.1. The van der Waals surface area contributed by atoms with E-state index >= 15 is 0 Å². The average Bonchev–Trinajstić information content (AvgIpc) is 2.87. The van der Waals surface area contributed by atoms with Crippen LogP contribution in [-0.2, 0) is 4.79 Å². The quantitative estimate of drug-likeness (QED) is 0.846. The molecular formula is C16H24N2OP+. The largest absolute Gasteiger partial charge is 0.349 e. The SMILES string of the molecule is C=[P+](C)CN1CCC(C(=O)NC(C)c2ccccc2)C1. The number of rotatable bonds is 5. The fourth-order valence-corrected chi connectivity index (χ4v) is 3.61. The molecule has 20 heavy (non-hydrogen) atoms. The van der Waals surface area contributed by atoms with E-state index < -0.39 is 0 Å². The minimum absolute atomic E-state index is 0.0777. The van der Waals surface area contributed by atoms with Crippen LogP contribution in [0.2, 0.25) is 0 Å². The van der Waals surface area contributed by atoms with Crippen molar-refractivity contribution in [3.8, 4) is 0 Å². The highest BCUT2D eigenvalue weighted by Crippen LogP contribution is 2.23. The van der Waals surface area contributed by atoms with E-state index in [2.05, 4.69) is 35.3 Å². The summed E-state index contributed by atoms with van der Waals surface area (Å²) in [4.78, 5) is 14.7. The standard InChI is InChI=1S/C16H23N2OP/c1-13(14-7-5-4-6-8-14)17-16(19)15-9-10-18(11-15)12-20(2)3/h4-8,13,15H,2,9-12H2,1,3H3/p+1. The van der Waals surface area contributed by atoms with Crippen molar-refractivity contribution in [3.05, 3.63) is 35.9 Å². The van der Waals surface area contributed by atoms with Gasteiger partial charge in [-0.15, -0.1) is 0 Å². The molecule has 1 aromatic carbocycles. The molecule has 0 bridgehead atoms. The van der Waals surface area contributed by atoms with E-state index in [9.17, 15) is 4.79 Å². The maximum atomic E-state index is 12.3. The van der Waals surface area contributed by atoms with E-state index in [1.54, 1.807) is 0 Å². The molecule has 1 amide bonds. The Morgan fingerprint density at radius 2 is 2.20 bits per heavy atom. The number of carbonyl (C=O) groups is 1. The van der Waals surface area contributed by atoms with Crippen molar-refractivity contribution >= 4 is 19.8 Å². The third-order valence-electron chi connectivity index (χ3n) is 3.74. The van der Waals surface area contributed by atoms with Crippen molar-refractivity contribution in [2.45, 2.75) is 19.4 Å². The van der Waals surface area contributed by atoms with Gasteiger partial charge in [-0.2, -0.15) is 0 Å². The number of hydrogen-bond acceptors (Lipinski definition) is 2. The molecule has 0 spiro atoms. The van der Waals surface area contributed by atoms with Crippen molar-refractivity contribution in [3.63, 3.8) is 0 Å². The highest BCUT2D eigenvalue weighted by atomic mass is 31.1. The summed E-state index contributed by atoms with van der Waals surface area (Å²) in [7, 11) is -0.158. The Morgan fingerprint density at radius 1 is 1.50 bits per heavy atom. The topological polar surface area (TPSA) is 32.3 Å². The zero-order chi connectivity index (χ0) is 14.5. The lowest BCUT2D eigenvalue weighted by Crippen LogP contribution is -2.34. The molecule has 2 rings (SSSR count). The molecule has 3 unspecified atom stereocenters. The van der Waals surface area contributed by atoms with Crippen LogP contribution >= 0.6 is 7.55 Å². The van der Waals surface area contributed by atoms with E-state index in [4.69, 9.17) is 0 Å². The molecule has 1 aliphatic heterocycles. The van der Waals surface area contributed by atoms with Crippen LogP contribution in [0.1, 0.15) is 24.9 Å². The molecule has 3 nitrogen and oxygen atoms in total. The number of hydrogen-bond donors (Lipinski definition) is 1. The maximum Gasteiger partial charge on any atom is 0.224 e. The van der Waals surface area contributed by atoms with Crippen molar-refractivity contribution in [1.82, 2.24) is 10.2 Å². The lowest BCUT2D eigenvalue weighted by molar-refractivity contribution is -0.125. The Morgan fingerprint density at radius 3 is 2.85 bits per heavy atom. The van der Waals surface area contributed by atoms with Gasteiger partial charge in [-0.25, -0.2) is 0 Å². The smallest absolute Gasteiger partial charge is 0.224 e. The highest BCUT2D eigenvalue weighted by molar-refractivity contribution is 7.54. The second kappa shape index (κ2) is 7.01. The minimum Gasteiger partial charge on any atom is -0.349 e. The first-order valence-corrected chi connectivity index (χ1v) is 9.31. The molecule has 1 aromatic rings. The molecule has 1 fully saturated rings. The maximum absolute atomic E-state index is 12.3. The fraction of sp³-hybridized carbons (Fsp3) is 0.500. The van der Waals surface area contributed by atoms with Gasteiger partial charge in [-0.3, -0.25) is 9.69 Å². The van der Waals surface area contributed by atoms with Gasteiger partial charge >= 0.3 is 0 Å². The molecule has 0 aliphatic carbocycles. The normalized spacial score (nSPS) is 21.5. The zero-order valence-electron chi connectivity index (χ0n) is 12.4. The van der Waals surface area contributed by atoms with Crippen molar-refractivity contribution in [1.29, 1.82) is 0 Å². The molecule has 0 radical (unpaired) electrons. The molecule has 0 saturated carbocycles. The van der Waals surface area contributed by atoms with Crippen molar-refractivity contribution in [2.24, 2.45) is 5.92 Å². The van der Waals surface area contributed by atoms with Crippen LogP contribution in [0, 0.1) is 5.92 Å². The van der Waals surface area contributed by atoms with Crippen LogP contribution in [0.3, 0.4) is 0 Å². The number of nitrogens with one attached hydrogen (secondary N) is 1. The summed E-state index contributed by atoms with van der Waals surface area (Å²) in [6.45, 7) is 6.14. The van der Waals surface area contributed by atoms with Crippen LogP contribution in [0.15, 0.2) is 30.3 Å². The molecule has 1 aliphatic rings. The molecule has 1 saturated heterocycles. The predicted molar refractivity (Wildman–Crippen MR) is 87.5 cm³/mol. The zero-order valence-corrected chi connectivity index (χ0v) is 13.3. The summed E-state index contributed by atoms with van der Waals surface area (Å²) in [5.41, 5.74) is 1.16.